The van der Waals surface area contributed by atoms with Gasteiger partial charge in [0.25, 0.3) is 0 Å². The van der Waals surface area contributed by atoms with Crippen molar-refractivity contribution in [2.24, 2.45) is 0 Å². The van der Waals surface area contributed by atoms with E-state index >= 15 is 0 Å². The number of likely N-dealkylation sites (N-methyl/N-ethyl adjacent to an activating group) is 1. The molecule has 1 aromatic carbocycles. The van der Waals surface area contributed by atoms with Crippen molar-refractivity contribution < 1.29 is 9.15 Å². The standard InChI is InChI=1S/C16H21BrN4O2/c1-20-5-7-21(8-6-20)10-15-18-19-16(23-15)12-3-4-14(17)13(9-12)11-22-2/h3-4,9H,5-8,10-11H2,1-2H3. The molecule has 1 aliphatic rings. The zero-order valence-electron chi connectivity index (χ0n) is 13.5. The molecule has 1 fully saturated rings. The van der Waals surface area contributed by atoms with Gasteiger partial charge >= 0.3 is 0 Å². The van der Waals surface area contributed by atoms with Crippen LogP contribution < -0.4 is 0 Å². The first kappa shape index (κ1) is 16.6. The van der Waals surface area contributed by atoms with Gasteiger partial charge in [0.05, 0.1) is 13.2 Å². The number of halogens is 1. The Bertz CT molecular complexity index is 653. The van der Waals surface area contributed by atoms with E-state index in [1.54, 1.807) is 7.11 Å². The van der Waals surface area contributed by atoms with Crippen LogP contribution in [0.25, 0.3) is 11.5 Å². The molecule has 23 heavy (non-hydrogen) atoms. The highest BCUT2D eigenvalue weighted by molar-refractivity contribution is 9.10. The molecular weight excluding hydrogens is 360 g/mol. The molecule has 7 heteroatoms. The molecule has 0 amide bonds. The number of hydrogen-bond donors (Lipinski definition) is 0. The van der Waals surface area contributed by atoms with E-state index in [-0.39, 0.29) is 0 Å². The number of piperazine rings is 1. The quantitative estimate of drug-likeness (QED) is 0.793. The van der Waals surface area contributed by atoms with Crippen LogP contribution in [0.2, 0.25) is 0 Å². The largest absolute Gasteiger partial charge is 0.419 e. The summed E-state index contributed by atoms with van der Waals surface area (Å²) >= 11 is 3.52. The summed E-state index contributed by atoms with van der Waals surface area (Å²) < 4.78 is 12.1. The molecule has 2 aromatic rings. The molecule has 1 saturated heterocycles. The number of rotatable bonds is 5. The van der Waals surface area contributed by atoms with E-state index in [0.29, 0.717) is 24.9 Å². The van der Waals surface area contributed by atoms with Gasteiger partial charge in [-0.05, 0) is 30.8 Å². The van der Waals surface area contributed by atoms with Crippen LogP contribution in [0.4, 0.5) is 0 Å². The van der Waals surface area contributed by atoms with Crippen LogP contribution >= 0.6 is 15.9 Å². The molecule has 0 bridgehead atoms. The van der Waals surface area contributed by atoms with E-state index in [0.717, 1.165) is 41.8 Å². The van der Waals surface area contributed by atoms with Gasteiger partial charge in [0, 0.05) is 43.3 Å². The Morgan fingerprint density at radius 2 is 2.00 bits per heavy atom. The van der Waals surface area contributed by atoms with Crippen LogP contribution in [0.5, 0.6) is 0 Å². The van der Waals surface area contributed by atoms with Gasteiger partial charge in [-0.25, -0.2) is 0 Å². The fourth-order valence-corrected chi connectivity index (χ4v) is 2.97. The molecule has 3 rings (SSSR count). The monoisotopic (exact) mass is 380 g/mol. The summed E-state index contributed by atoms with van der Waals surface area (Å²) in [5, 5.41) is 8.38. The average Bonchev–Trinajstić information content (AvgIpc) is 3.00. The van der Waals surface area contributed by atoms with Crippen LogP contribution in [-0.2, 0) is 17.9 Å². The Morgan fingerprint density at radius 3 is 2.74 bits per heavy atom. The summed E-state index contributed by atoms with van der Waals surface area (Å²) in [4.78, 5) is 4.67. The Kier molecular flexibility index (Phi) is 5.42. The van der Waals surface area contributed by atoms with Crippen molar-refractivity contribution in [3.05, 3.63) is 34.1 Å². The van der Waals surface area contributed by atoms with Crippen molar-refractivity contribution in [3.63, 3.8) is 0 Å². The van der Waals surface area contributed by atoms with Gasteiger partial charge in [-0.3, -0.25) is 4.90 Å². The molecular formula is C16H21BrN4O2. The Balaban J connectivity index is 1.70. The second kappa shape index (κ2) is 7.53. The van der Waals surface area contributed by atoms with Crippen LogP contribution in [0.1, 0.15) is 11.5 Å². The van der Waals surface area contributed by atoms with E-state index < -0.39 is 0 Å². The molecule has 1 aromatic heterocycles. The zero-order valence-corrected chi connectivity index (χ0v) is 15.0. The maximum absolute atomic E-state index is 5.84. The predicted octanol–water partition coefficient (Wildman–Crippen LogP) is 2.39. The summed E-state index contributed by atoms with van der Waals surface area (Å²) in [6, 6.07) is 5.96. The number of ether oxygens (including phenoxy) is 1. The van der Waals surface area contributed by atoms with Crippen LogP contribution in [0, 0.1) is 0 Å². The summed E-state index contributed by atoms with van der Waals surface area (Å²) in [7, 11) is 3.83. The molecule has 6 nitrogen and oxygen atoms in total. The van der Waals surface area contributed by atoms with Crippen LogP contribution in [-0.4, -0.2) is 60.3 Å². The number of benzene rings is 1. The van der Waals surface area contributed by atoms with E-state index in [1.807, 2.05) is 18.2 Å². The summed E-state index contributed by atoms with van der Waals surface area (Å²) in [5.41, 5.74) is 1.97. The average molecular weight is 381 g/mol. The first-order chi connectivity index (χ1) is 11.2. The number of nitrogens with zero attached hydrogens (tertiary/aromatic N) is 4. The summed E-state index contributed by atoms with van der Waals surface area (Å²) in [6.07, 6.45) is 0. The Morgan fingerprint density at radius 1 is 1.22 bits per heavy atom. The highest BCUT2D eigenvalue weighted by atomic mass is 79.9. The third-order valence-corrected chi connectivity index (χ3v) is 4.79. The number of aromatic nitrogens is 2. The zero-order chi connectivity index (χ0) is 16.2. The molecule has 0 N–H and O–H groups in total. The fraction of sp³-hybridized carbons (Fsp3) is 0.500. The van der Waals surface area contributed by atoms with E-state index in [4.69, 9.17) is 9.15 Å². The first-order valence-corrected chi connectivity index (χ1v) is 8.46. The first-order valence-electron chi connectivity index (χ1n) is 7.66. The van der Waals surface area contributed by atoms with Crippen LogP contribution in [0.15, 0.2) is 27.1 Å². The number of hydrogen-bond acceptors (Lipinski definition) is 6. The fourth-order valence-electron chi connectivity index (χ4n) is 2.61. The van der Waals surface area contributed by atoms with Crippen molar-refractivity contribution in [3.8, 4) is 11.5 Å². The predicted molar refractivity (Wildman–Crippen MR) is 90.9 cm³/mol. The van der Waals surface area contributed by atoms with Crippen LogP contribution in [0.3, 0.4) is 0 Å². The minimum Gasteiger partial charge on any atom is -0.419 e. The highest BCUT2D eigenvalue weighted by Gasteiger charge is 2.17. The Labute approximate surface area is 144 Å². The van der Waals surface area contributed by atoms with Gasteiger partial charge in [-0.1, -0.05) is 15.9 Å². The SMILES string of the molecule is COCc1cc(-c2nnc(CN3CCN(C)CC3)o2)ccc1Br. The smallest absolute Gasteiger partial charge is 0.247 e. The van der Waals surface area contributed by atoms with Crippen molar-refractivity contribution >= 4 is 15.9 Å². The van der Waals surface area contributed by atoms with Gasteiger partial charge in [-0.2, -0.15) is 0 Å². The highest BCUT2D eigenvalue weighted by Crippen LogP contribution is 2.25. The molecule has 0 spiro atoms. The van der Waals surface area contributed by atoms with Crippen molar-refractivity contribution in [2.45, 2.75) is 13.2 Å². The molecule has 0 radical (unpaired) electrons. The third-order valence-electron chi connectivity index (χ3n) is 4.01. The van der Waals surface area contributed by atoms with E-state index in [2.05, 4.69) is 43.0 Å². The normalized spacial score (nSPS) is 16.8. The lowest BCUT2D eigenvalue weighted by atomic mass is 10.1. The molecule has 0 atom stereocenters. The maximum Gasteiger partial charge on any atom is 0.247 e. The van der Waals surface area contributed by atoms with E-state index in [1.165, 1.54) is 0 Å². The lowest BCUT2D eigenvalue weighted by Crippen LogP contribution is -2.43. The van der Waals surface area contributed by atoms with Crippen molar-refractivity contribution in [1.82, 2.24) is 20.0 Å². The van der Waals surface area contributed by atoms with Gasteiger partial charge in [-0.15, -0.1) is 10.2 Å². The van der Waals surface area contributed by atoms with Gasteiger partial charge in [0.2, 0.25) is 11.8 Å². The van der Waals surface area contributed by atoms with Crippen molar-refractivity contribution in [2.75, 3.05) is 40.3 Å². The van der Waals surface area contributed by atoms with Crippen molar-refractivity contribution in [1.29, 1.82) is 0 Å². The lowest BCUT2D eigenvalue weighted by molar-refractivity contribution is 0.138. The molecule has 0 aliphatic carbocycles. The minimum atomic E-state index is 0.538. The van der Waals surface area contributed by atoms with Gasteiger partial charge < -0.3 is 14.1 Å². The molecule has 0 saturated carbocycles. The molecule has 1 aliphatic heterocycles. The summed E-state index contributed by atoms with van der Waals surface area (Å²) in [5.74, 6) is 1.22. The van der Waals surface area contributed by atoms with Gasteiger partial charge in [0.15, 0.2) is 0 Å². The summed E-state index contributed by atoms with van der Waals surface area (Å²) in [6.45, 7) is 5.47. The number of methoxy groups -OCH3 is 1. The second-order valence-corrected chi connectivity index (χ2v) is 6.67. The molecule has 124 valence electrons. The van der Waals surface area contributed by atoms with E-state index in [9.17, 15) is 0 Å². The maximum atomic E-state index is 5.84. The Hall–Kier alpha value is -1.28. The molecule has 0 unspecified atom stereocenters. The lowest BCUT2D eigenvalue weighted by Gasteiger charge is -2.31. The topological polar surface area (TPSA) is 54.6 Å². The van der Waals surface area contributed by atoms with Gasteiger partial charge in [0.1, 0.15) is 0 Å². The third kappa shape index (κ3) is 4.17. The second-order valence-electron chi connectivity index (χ2n) is 5.82. The minimum absolute atomic E-state index is 0.538. The molecule has 2 heterocycles.